The summed E-state index contributed by atoms with van der Waals surface area (Å²) in [6, 6.07) is -0.106. The lowest BCUT2D eigenvalue weighted by atomic mass is 10.00. The standard InChI is InChI=1S/C16H24N4O3S2/c1-5-25(22,23)20-8-6-19(7-9-20)11(3)14-17-15(21)13-10(2)12(4)24-16(13)18-14/h11,13H,5-9H2,1-4H3. The first kappa shape index (κ1) is 18.8. The number of amidine groups is 1. The zero-order valence-corrected chi connectivity index (χ0v) is 16.7. The number of aliphatic imine (C=N–C) groups is 2. The number of fused-ring (bicyclic) bond motifs is 1. The van der Waals surface area contributed by atoms with Crippen molar-refractivity contribution in [1.82, 2.24) is 9.21 Å². The molecule has 1 saturated heterocycles. The molecule has 25 heavy (non-hydrogen) atoms. The molecule has 0 aromatic carbocycles. The molecule has 3 aliphatic heterocycles. The van der Waals surface area contributed by atoms with E-state index in [0.29, 0.717) is 32.0 Å². The Morgan fingerprint density at radius 3 is 2.44 bits per heavy atom. The molecule has 0 spiro atoms. The quantitative estimate of drug-likeness (QED) is 0.730. The lowest BCUT2D eigenvalue weighted by Gasteiger charge is -2.37. The maximum absolute atomic E-state index is 12.4. The normalized spacial score (nSPS) is 27.2. The molecule has 1 fully saturated rings. The Balaban J connectivity index is 1.70. The van der Waals surface area contributed by atoms with Gasteiger partial charge in [0.15, 0.2) is 0 Å². The number of thioether (sulfide) groups is 1. The number of rotatable bonds is 4. The van der Waals surface area contributed by atoms with Gasteiger partial charge in [0, 0.05) is 26.2 Å². The Bertz CT molecular complexity index is 777. The first-order valence-electron chi connectivity index (χ1n) is 8.52. The fraction of sp³-hybridized carbons (Fsp3) is 0.688. The van der Waals surface area contributed by atoms with Crippen molar-refractivity contribution in [3.63, 3.8) is 0 Å². The van der Waals surface area contributed by atoms with Crippen LogP contribution < -0.4 is 0 Å². The molecule has 0 bridgehead atoms. The molecular weight excluding hydrogens is 360 g/mol. The lowest BCUT2D eigenvalue weighted by Crippen LogP contribution is -2.53. The summed E-state index contributed by atoms with van der Waals surface area (Å²) in [5, 5.41) is 0.823. The molecular formula is C16H24N4O3S2. The molecule has 3 aliphatic rings. The highest BCUT2D eigenvalue weighted by Crippen LogP contribution is 2.40. The molecule has 9 heteroatoms. The Labute approximate surface area is 153 Å². The molecule has 2 atom stereocenters. The molecule has 3 rings (SSSR count). The largest absolute Gasteiger partial charge is 0.291 e. The fourth-order valence-corrected chi connectivity index (χ4v) is 5.49. The van der Waals surface area contributed by atoms with Gasteiger partial charge >= 0.3 is 0 Å². The van der Waals surface area contributed by atoms with Crippen LogP contribution in [0.5, 0.6) is 0 Å². The zero-order chi connectivity index (χ0) is 18.4. The predicted octanol–water partition coefficient (Wildman–Crippen LogP) is 1.34. The van der Waals surface area contributed by atoms with Gasteiger partial charge in [-0.25, -0.2) is 13.4 Å². The molecule has 0 N–H and O–H groups in total. The number of carbonyl (C=O) groups is 1. The zero-order valence-electron chi connectivity index (χ0n) is 15.0. The molecule has 0 aromatic rings. The van der Waals surface area contributed by atoms with Gasteiger partial charge in [-0.15, -0.1) is 0 Å². The van der Waals surface area contributed by atoms with Crippen LogP contribution in [0.3, 0.4) is 0 Å². The van der Waals surface area contributed by atoms with Gasteiger partial charge in [0.25, 0.3) is 5.91 Å². The minimum atomic E-state index is -3.14. The summed E-state index contributed by atoms with van der Waals surface area (Å²) in [5.41, 5.74) is 1.04. The first-order valence-corrected chi connectivity index (χ1v) is 10.9. The van der Waals surface area contributed by atoms with E-state index in [9.17, 15) is 13.2 Å². The second-order valence-electron chi connectivity index (χ2n) is 6.54. The van der Waals surface area contributed by atoms with Crippen molar-refractivity contribution in [2.45, 2.75) is 33.7 Å². The van der Waals surface area contributed by atoms with E-state index in [1.54, 1.807) is 18.7 Å². The highest BCUT2D eigenvalue weighted by molar-refractivity contribution is 8.17. The van der Waals surface area contributed by atoms with E-state index in [1.165, 1.54) is 4.31 Å². The maximum Gasteiger partial charge on any atom is 0.261 e. The van der Waals surface area contributed by atoms with Crippen LogP contribution in [0.1, 0.15) is 27.7 Å². The molecule has 1 amide bonds. The van der Waals surface area contributed by atoms with Gasteiger partial charge in [0.1, 0.15) is 11.8 Å². The van der Waals surface area contributed by atoms with Crippen LogP contribution in [0.2, 0.25) is 0 Å². The van der Waals surface area contributed by atoms with Gasteiger partial charge in [0.2, 0.25) is 10.0 Å². The number of piperazine rings is 1. The number of sulfonamides is 1. The molecule has 2 unspecified atom stereocenters. The van der Waals surface area contributed by atoms with Crippen LogP contribution in [0.15, 0.2) is 20.5 Å². The summed E-state index contributed by atoms with van der Waals surface area (Å²) in [5.74, 6) is 0.230. The van der Waals surface area contributed by atoms with Crippen molar-refractivity contribution in [2.75, 3.05) is 31.9 Å². The molecule has 0 aliphatic carbocycles. The average Bonchev–Trinajstić information content (AvgIpc) is 2.89. The summed E-state index contributed by atoms with van der Waals surface area (Å²) in [6.45, 7) is 9.78. The van der Waals surface area contributed by atoms with E-state index in [-0.39, 0.29) is 23.6 Å². The van der Waals surface area contributed by atoms with Gasteiger partial charge in [-0.3, -0.25) is 9.69 Å². The summed E-state index contributed by atoms with van der Waals surface area (Å²) in [7, 11) is -3.14. The number of hydrogen-bond acceptors (Lipinski definition) is 6. The number of amides is 1. The summed E-state index contributed by atoms with van der Waals surface area (Å²) >= 11 is 1.56. The Morgan fingerprint density at radius 1 is 1.20 bits per heavy atom. The number of carbonyl (C=O) groups excluding carboxylic acids is 1. The predicted molar refractivity (Wildman–Crippen MR) is 101 cm³/mol. The first-order chi connectivity index (χ1) is 11.7. The van der Waals surface area contributed by atoms with Crippen molar-refractivity contribution in [1.29, 1.82) is 0 Å². The Morgan fingerprint density at radius 2 is 1.84 bits per heavy atom. The van der Waals surface area contributed by atoms with E-state index in [0.717, 1.165) is 15.5 Å². The fourth-order valence-electron chi connectivity index (χ4n) is 3.28. The molecule has 3 heterocycles. The third-order valence-electron chi connectivity index (χ3n) is 5.14. The van der Waals surface area contributed by atoms with Crippen molar-refractivity contribution in [2.24, 2.45) is 15.9 Å². The van der Waals surface area contributed by atoms with E-state index < -0.39 is 10.0 Å². The number of allylic oxidation sites excluding steroid dienone is 1. The molecule has 0 saturated carbocycles. The summed E-state index contributed by atoms with van der Waals surface area (Å²) in [4.78, 5) is 24.6. The topological polar surface area (TPSA) is 82.4 Å². The lowest BCUT2D eigenvalue weighted by molar-refractivity contribution is -0.118. The summed E-state index contributed by atoms with van der Waals surface area (Å²) in [6.07, 6.45) is 0. The Hall–Kier alpha value is -1.03. The van der Waals surface area contributed by atoms with Crippen LogP contribution in [-0.2, 0) is 14.8 Å². The van der Waals surface area contributed by atoms with Crippen molar-refractivity contribution in [3.05, 3.63) is 10.5 Å². The van der Waals surface area contributed by atoms with Gasteiger partial charge in [-0.05, 0) is 38.2 Å². The molecule has 7 nitrogen and oxygen atoms in total. The molecule has 0 aromatic heterocycles. The van der Waals surface area contributed by atoms with Crippen LogP contribution in [0.25, 0.3) is 0 Å². The van der Waals surface area contributed by atoms with E-state index >= 15 is 0 Å². The minimum Gasteiger partial charge on any atom is -0.291 e. The number of hydrogen-bond donors (Lipinski definition) is 0. The Kier molecular flexibility index (Phi) is 5.21. The number of nitrogens with zero attached hydrogens (tertiary/aromatic N) is 4. The average molecular weight is 385 g/mol. The third-order valence-corrected chi connectivity index (χ3v) is 8.19. The van der Waals surface area contributed by atoms with Crippen molar-refractivity contribution < 1.29 is 13.2 Å². The smallest absolute Gasteiger partial charge is 0.261 e. The summed E-state index contributed by atoms with van der Waals surface area (Å²) < 4.78 is 25.5. The highest BCUT2D eigenvalue weighted by atomic mass is 32.2. The molecule has 0 radical (unpaired) electrons. The minimum absolute atomic E-state index is 0.106. The van der Waals surface area contributed by atoms with Crippen LogP contribution in [0.4, 0.5) is 0 Å². The van der Waals surface area contributed by atoms with Crippen LogP contribution in [0, 0.1) is 5.92 Å². The van der Waals surface area contributed by atoms with Gasteiger partial charge < -0.3 is 0 Å². The second-order valence-corrected chi connectivity index (χ2v) is 10.0. The van der Waals surface area contributed by atoms with Crippen molar-refractivity contribution in [3.8, 4) is 0 Å². The van der Waals surface area contributed by atoms with E-state index in [4.69, 9.17) is 0 Å². The van der Waals surface area contributed by atoms with Crippen molar-refractivity contribution >= 4 is 38.6 Å². The van der Waals surface area contributed by atoms with E-state index in [1.807, 2.05) is 20.8 Å². The van der Waals surface area contributed by atoms with Gasteiger partial charge in [-0.1, -0.05) is 11.8 Å². The highest BCUT2D eigenvalue weighted by Gasteiger charge is 2.38. The SMILES string of the molecule is CCS(=O)(=O)N1CCN(C(C)C2=NC(=O)C3C(=N2)SC(C)=C3C)CC1. The van der Waals surface area contributed by atoms with Gasteiger partial charge in [-0.2, -0.15) is 9.30 Å². The second kappa shape index (κ2) is 6.94. The van der Waals surface area contributed by atoms with Gasteiger partial charge in [0.05, 0.1) is 16.8 Å². The third kappa shape index (κ3) is 3.47. The molecule has 138 valence electrons. The maximum atomic E-state index is 12.4. The van der Waals surface area contributed by atoms with Crippen LogP contribution >= 0.6 is 11.8 Å². The monoisotopic (exact) mass is 384 g/mol. The van der Waals surface area contributed by atoms with Crippen LogP contribution in [-0.4, -0.2) is 72.4 Å². The van der Waals surface area contributed by atoms with E-state index in [2.05, 4.69) is 14.9 Å².